The zero-order chi connectivity index (χ0) is 18.1. The summed E-state index contributed by atoms with van der Waals surface area (Å²) in [5.41, 5.74) is 7.14. The molecule has 25 heavy (non-hydrogen) atoms. The molecule has 0 atom stereocenters. The highest BCUT2D eigenvalue weighted by molar-refractivity contribution is 5.94. The third-order valence-electron chi connectivity index (χ3n) is 3.35. The molecule has 2 aromatic carbocycles. The number of rotatable bonds is 7. The van der Waals surface area contributed by atoms with E-state index < -0.39 is 0 Å². The number of methoxy groups -OCH3 is 2. The zero-order valence-corrected chi connectivity index (χ0v) is 14.3. The van der Waals surface area contributed by atoms with Gasteiger partial charge in [0.1, 0.15) is 11.5 Å². The Balaban J connectivity index is 1.80. The van der Waals surface area contributed by atoms with Crippen LogP contribution in [0.25, 0.3) is 0 Å². The maximum Gasteiger partial charge on any atom is 0.251 e. The van der Waals surface area contributed by atoms with E-state index in [-0.39, 0.29) is 11.9 Å². The van der Waals surface area contributed by atoms with Crippen molar-refractivity contribution in [2.45, 2.75) is 0 Å². The number of amides is 1. The number of carbonyl (C=O) groups excluding carboxylic acids is 1. The Morgan fingerprint density at radius 3 is 2.48 bits per heavy atom. The molecule has 0 aliphatic carbocycles. The summed E-state index contributed by atoms with van der Waals surface area (Å²) in [6.07, 6.45) is 0. The van der Waals surface area contributed by atoms with E-state index in [0.29, 0.717) is 24.4 Å². The minimum Gasteiger partial charge on any atom is -0.497 e. The molecule has 132 valence electrons. The molecule has 7 nitrogen and oxygen atoms in total. The van der Waals surface area contributed by atoms with Crippen molar-refractivity contribution in [3.63, 3.8) is 0 Å². The molecule has 0 heterocycles. The average molecular weight is 342 g/mol. The van der Waals surface area contributed by atoms with Crippen LogP contribution in [0.5, 0.6) is 11.5 Å². The van der Waals surface area contributed by atoms with Gasteiger partial charge in [-0.3, -0.25) is 9.79 Å². The van der Waals surface area contributed by atoms with Crippen molar-refractivity contribution in [3.05, 3.63) is 54.1 Å². The molecule has 0 fully saturated rings. The molecule has 0 saturated carbocycles. The molecule has 0 aliphatic rings. The highest BCUT2D eigenvalue weighted by Crippen LogP contribution is 2.16. The summed E-state index contributed by atoms with van der Waals surface area (Å²) in [7, 11) is 3.16. The lowest BCUT2D eigenvalue weighted by atomic mass is 10.2. The Morgan fingerprint density at radius 2 is 1.76 bits per heavy atom. The molecule has 0 saturated heterocycles. The fourth-order valence-corrected chi connectivity index (χ4v) is 2.10. The quantitative estimate of drug-likeness (QED) is 0.405. The second-order valence-electron chi connectivity index (χ2n) is 5.11. The lowest BCUT2D eigenvalue weighted by molar-refractivity contribution is 0.0954. The van der Waals surface area contributed by atoms with Crippen LogP contribution in [-0.2, 0) is 0 Å². The number of anilines is 1. The van der Waals surface area contributed by atoms with Crippen LogP contribution in [0.3, 0.4) is 0 Å². The van der Waals surface area contributed by atoms with Gasteiger partial charge in [0.05, 0.1) is 20.8 Å². The van der Waals surface area contributed by atoms with Crippen molar-refractivity contribution in [1.82, 2.24) is 5.32 Å². The van der Waals surface area contributed by atoms with Crippen molar-refractivity contribution in [2.75, 3.05) is 32.6 Å². The minimum atomic E-state index is -0.187. The lowest BCUT2D eigenvalue weighted by Gasteiger charge is -2.08. The van der Waals surface area contributed by atoms with Gasteiger partial charge < -0.3 is 25.8 Å². The summed E-state index contributed by atoms with van der Waals surface area (Å²) >= 11 is 0. The van der Waals surface area contributed by atoms with Crippen molar-refractivity contribution in [2.24, 2.45) is 10.7 Å². The molecule has 0 aliphatic heterocycles. The minimum absolute atomic E-state index is 0.187. The number of aliphatic imine (C=N–C) groups is 1. The Morgan fingerprint density at radius 1 is 1.08 bits per heavy atom. The second-order valence-corrected chi connectivity index (χ2v) is 5.11. The Bertz CT molecular complexity index is 747. The number of hydrogen-bond acceptors (Lipinski definition) is 4. The number of hydrogen-bond donors (Lipinski definition) is 3. The third kappa shape index (κ3) is 5.72. The summed E-state index contributed by atoms with van der Waals surface area (Å²) < 4.78 is 10.2. The van der Waals surface area contributed by atoms with E-state index in [4.69, 9.17) is 15.2 Å². The number of carbonyl (C=O) groups is 1. The molecule has 0 bridgehead atoms. The van der Waals surface area contributed by atoms with Gasteiger partial charge >= 0.3 is 0 Å². The molecule has 2 aromatic rings. The van der Waals surface area contributed by atoms with Crippen molar-refractivity contribution in [1.29, 1.82) is 0 Å². The van der Waals surface area contributed by atoms with Crippen molar-refractivity contribution < 1.29 is 14.3 Å². The van der Waals surface area contributed by atoms with Gasteiger partial charge in [0.15, 0.2) is 5.96 Å². The summed E-state index contributed by atoms with van der Waals surface area (Å²) in [6.45, 7) is 0.731. The number of nitrogens with one attached hydrogen (secondary N) is 2. The van der Waals surface area contributed by atoms with Crippen LogP contribution in [0.1, 0.15) is 10.4 Å². The number of ether oxygens (including phenoxy) is 2. The third-order valence-corrected chi connectivity index (χ3v) is 3.35. The first-order chi connectivity index (χ1) is 12.1. The summed E-state index contributed by atoms with van der Waals surface area (Å²) in [5.74, 6) is 1.44. The van der Waals surface area contributed by atoms with E-state index in [9.17, 15) is 4.79 Å². The first-order valence-electron chi connectivity index (χ1n) is 7.75. The number of nitrogens with two attached hydrogens (primary N) is 1. The number of guanidine groups is 1. The molecule has 1 amide bonds. The van der Waals surface area contributed by atoms with E-state index in [1.807, 2.05) is 24.3 Å². The fourth-order valence-electron chi connectivity index (χ4n) is 2.10. The lowest BCUT2D eigenvalue weighted by Crippen LogP contribution is -2.28. The van der Waals surface area contributed by atoms with E-state index >= 15 is 0 Å². The van der Waals surface area contributed by atoms with Gasteiger partial charge in [-0.05, 0) is 30.3 Å². The van der Waals surface area contributed by atoms with Crippen LogP contribution in [-0.4, -0.2) is 39.2 Å². The Hall–Kier alpha value is -3.22. The van der Waals surface area contributed by atoms with Crippen LogP contribution in [0.2, 0.25) is 0 Å². The molecule has 0 spiro atoms. The van der Waals surface area contributed by atoms with Gasteiger partial charge in [-0.15, -0.1) is 0 Å². The molecule has 0 radical (unpaired) electrons. The molecule has 0 unspecified atom stereocenters. The monoisotopic (exact) mass is 342 g/mol. The molecular formula is C18H22N4O3. The van der Waals surface area contributed by atoms with Gasteiger partial charge in [-0.25, -0.2) is 0 Å². The molecule has 2 rings (SSSR count). The topological polar surface area (TPSA) is 98.0 Å². The smallest absolute Gasteiger partial charge is 0.251 e. The maximum atomic E-state index is 12.0. The first kappa shape index (κ1) is 18.1. The second kappa shape index (κ2) is 9.17. The highest BCUT2D eigenvalue weighted by atomic mass is 16.5. The van der Waals surface area contributed by atoms with Crippen LogP contribution >= 0.6 is 0 Å². The number of benzene rings is 2. The van der Waals surface area contributed by atoms with E-state index in [0.717, 1.165) is 11.4 Å². The predicted molar refractivity (Wildman–Crippen MR) is 98.4 cm³/mol. The van der Waals surface area contributed by atoms with Crippen LogP contribution < -0.4 is 25.8 Å². The van der Waals surface area contributed by atoms with Gasteiger partial charge in [0.2, 0.25) is 0 Å². The van der Waals surface area contributed by atoms with Crippen molar-refractivity contribution >= 4 is 17.6 Å². The SMILES string of the molecule is COc1cccc(NC(N)=NCCNC(=O)c2cccc(OC)c2)c1. The molecule has 4 N–H and O–H groups in total. The van der Waals surface area contributed by atoms with E-state index in [1.165, 1.54) is 0 Å². The highest BCUT2D eigenvalue weighted by Gasteiger charge is 2.05. The summed E-state index contributed by atoms with van der Waals surface area (Å²) in [6, 6.07) is 14.3. The zero-order valence-electron chi connectivity index (χ0n) is 14.3. The van der Waals surface area contributed by atoms with E-state index in [2.05, 4.69) is 15.6 Å². The predicted octanol–water partition coefficient (Wildman–Crippen LogP) is 1.86. The average Bonchev–Trinajstić information content (AvgIpc) is 2.65. The molecule has 0 aromatic heterocycles. The summed E-state index contributed by atoms with van der Waals surface area (Å²) in [5, 5.41) is 5.75. The summed E-state index contributed by atoms with van der Waals surface area (Å²) in [4.78, 5) is 16.2. The van der Waals surface area contributed by atoms with Crippen LogP contribution in [0, 0.1) is 0 Å². The number of nitrogens with zero attached hydrogens (tertiary/aromatic N) is 1. The molecular weight excluding hydrogens is 320 g/mol. The Kier molecular flexibility index (Phi) is 6.65. The van der Waals surface area contributed by atoms with Gasteiger partial charge in [-0.1, -0.05) is 12.1 Å². The van der Waals surface area contributed by atoms with Crippen LogP contribution in [0.4, 0.5) is 5.69 Å². The normalized spacial score (nSPS) is 10.9. The van der Waals surface area contributed by atoms with Crippen LogP contribution in [0.15, 0.2) is 53.5 Å². The van der Waals surface area contributed by atoms with E-state index in [1.54, 1.807) is 38.5 Å². The molecule has 7 heteroatoms. The largest absolute Gasteiger partial charge is 0.497 e. The van der Waals surface area contributed by atoms with Gasteiger partial charge in [-0.2, -0.15) is 0 Å². The van der Waals surface area contributed by atoms with Gasteiger partial charge in [0, 0.05) is 23.9 Å². The Labute approximate surface area is 146 Å². The first-order valence-corrected chi connectivity index (χ1v) is 7.75. The van der Waals surface area contributed by atoms with Gasteiger partial charge in [0.25, 0.3) is 5.91 Å². The standard InChI is InChI=1S/C18H22N4O3/c1-24-15-7-3-5-13(11-15)17(23)20-9-10-21-18(19)22-14-6-4-8-16(12-14)25-2/h3-8,11-12H,9-10H2,1-2H3,(H,20,23)(H3,19,21,22). The fraction of sp³-hybridized carbons (Fsp3) is 0.222. The maximum absolute atomic E-state index is 12.0. The van der Waals surface area contributed by atoms with Crippen molar-refractivity contribution in [3.8, 4) is 11.5 Å².